The van der Waals surface area contributed by atoms with Gasteiger partial charge in [0.1, 0.15) is 5.69 Å². The number of amides is 1. The number of piperidine rings is 1. The van der Waals surface area contributed by atoms with Crippen LogP contribution in [-0.2, 0) is 13.5 Å². The van der Waals surface area contributed by atoms with E-state index in [0.717, 1.165) is 25.0 Å². The van der Waals surface area contributed by atoms with Gasteiger partial charge in [-0.15, -0.1) is 0 Å². The Morgan fingerprint density at radius 3 is 2.42 bits per heavy atom. The van der Waals surface area contributed by atoms with Crippen LogP contribution in [0.5, 0.6) is 0 Å². The highest BCUT2D eigenvalue weighted by atomic mass is 16.2. The van der Waals surface area contributed by atoms with Crippen molar-refractivity contribution in [1.29, 1.82) is 0 Å². The molecule has 1 aromatic heterocycles. The summed E-state index contributed by atoms with van der Waals surface area (Å²) in [5, 5.41) is 4.34. The maximum absolute atomic E-state index is 12.8. The molecule has 5 nitrogen and oxygen atoms in total. The summed E-state index contributed by atoms with van der Waals surface area (Å²) in [6.45, 7) is 6.22. The average Bonchev–Trinajstić information content (AvgIpc) is 2.63. The van der Waals surface area contributed by atoms with Gasteiger partial charge in [-0.1, -0.05) is 6.92 Å². The lowest BCUT2D eigenvalue weighted by Gasteiger charge is -2.39. The van der Waals surface area contributed by atoms with Crippen molar-refractivity contribution in [3.05, 3.63) is 11.4 Å². The summed E-state index contributed by atoms with van der Waals surface area (Å²) in [4.78, 5) is 14.7. The zero-order valence-electron chi connectivity index (χ0n) is 12.3. The predicted molar refractivity (Wildman–Crippen MR) is 75.9 cm³/mol. The number of hydrogen-bond acceptors (Lipinski definition) is 3. The first-order valence-corrected chi connectivity index (χ1v) is 7.11. The molecule has 0 aromatic carbocycles. The van der Waals surface area contributed by atoms with E-state index in [9.17, 15) is 4.79 Å². The Bertz CT molecular complexity index is 470. The molecule has 1 amide bonds. The number of likely N-dealkylation sites (tertiary alicyclic amines) is 1. The monoisotopic (exact) mass is 264 g/mol. The van der Waals surface area contributed by atoms with Crippen LogP contribution in [0.3, 0.4) is 0 Å². The summed E-state index contributed by atoms with van der Waals surface area (Å²) >= 11 is 0. The number of nitrogen functional groups attached to an aromatic ring is 1. The van der Waals surface area contributed by atoms with E-state index in [4.69, 9.17) is 5.73 Å². The molecule has 2 heterocycles. The Kier molecular flexibility index (Phi) is 3.83. The number of anilines is 1. The number of hydrogen-bond donors (Lipinski definition) is 1. The number of nitrogens with zero attached hydrogens (tertiary/aromatic N) is 3. The second kappa shape index (κ2) is 5.23. The molecular formula is C14H24N4O. The number of aromatic nitrogens is 2. The van der Waals surface area contributed by atoms with Gasteiger partial charge in [0.25, 0.3) is 5.91 Å². The molecule has 0 unspecified atom stereocenters. The fraction of sp³-hybridized carbons (Fsp3) is 0.714. The maximum atomic E-state index is 12.8. The molecule has 0 radical (unpaired) electrons. The first kappa shape index (κ1) is 13.9. The SMILES string of the molecule is CCc1nn(C)c(C(=O)N2[C@H](C)CCC[C@@H]2C)c1N. The van der Waals surface area contributed by atoms with Gasteiger partial charge < -0.3 is 10.6 Å². The Labute approximate surface area is 114 Å². The minimum absolute atomic E-state index is 0.0203. The van der Waals surface area contributed by atoms with E-state index in [1.807, 2.05) is 11.8 Å². The summed E-state index contributed by atoms with van der Waals surface area (Å²) in [5.74, 6) is 0.0203. The van der Waals surface area contributed by atoms with Crippen LogP contribution >= 0.6 is 0 Å². The lowest BCUT2D eigenvalue weighted by molar-refractivity contribution is 0.0500. The topological polar surface area (TPSA) is 64.2 Å². The first-order valence-electron chi connectivity index (χ1n) is 7.11. The highest BCUT2D eigenvalue weighted by Crippen LogP contribution is 2.27. The van der Waals surface area contributed by atoms with Crippen molar-refractivity contribution >= 4 is 11.6 Å². The highest BCUT2D eigenvalue weighted by molar-refractivity contribution is 5.98. The standard InChI is InChI=1S/C14H24N4O/c1-5-11-12(15)13(17(4)16-11)14(19)18-9(2)7-6-8-10(18)3/h9-10H,5-8,15H2,1-4H3/t9-,10+. The maximum Gasteiger partial charge on any atom is 0.274 e. The fourth-order valence-corrected chi connectivity index (χ4v) is 3.05. The van der Waals surface area contributed by atoms with Crippen molar-refractivity contribution in [3.63, 3.8) is 0 Å². The summed E-state index contributed by atoms with van der Waals surface area (Å²) in [5.41, 5.74) is 7.97. The summed E-state index contributed by atoms with van der Waals surface area (Å²) < 4.78 is 1.63. The van der Waals surface area contributed by atoms with Gasteiger partial charge in [0.15, 0.2) is 0 Å². The van der Waals surface area contributed by atoms with Gasteiger partial charge in [-0.3, -0.25) is 9.48 Å². The van der Waals surface area contributed by atoms with Crippen molar-refractivity contribution in [3.8, 4) is 0 Å². The van der Waals surface area contributed by atoms with Gasteiger partial charge in [-0.05, 0) is 39.5 Å². The molecule has 2 N–H and O–H groups in total. The molecule has 0 spiro atoms. The smallest absolute Gasteiger partial charge is 0.274 e. The first-order chi connectivity index (χ1) is 8.97. The third-order valence-electron chi connectivity index (χ3n) is 4.13. The van der Waals surface area contributed by atoms with Crippen LogP contribution in [0.4, 0.5) is 5.69 Å². The van der Waals surface area contributed by atoms with E-state index in [2.05, 4.69) is 18.9 Å². The van der Waals surface area contributed by atoms with Crippen molar-refractivity contribution in [1.82, 2.24) is 14.7 Å². The van der Waals surface area contributed by atoms with Crippen LogP contribution < -0.4 is 5.73 Å². The van der Waals surface area contributed by atoms with Crippen molar-refractivity contribution in [2.75, 3.05) is 5.73 Å². The number of carbonyl (C=O) groups is 1. The van der Waals surface area contributed by atoms with E-state index in [-0.39, 0.29) is 18.0 Å². The van der Waals surface area contributed by atoms with E-state index in [1.54, 1.807) is 11.7 Å². The highest BCUT2D eigenvalue weighted by Gasteiger charge is 2.32. The molecule has 1 saturated heterocycles. The van der Waals surface area contributed by atoms with Crippen LogP contribution in [0.15, 0.2) is 0 Å². The van der Waals surface area contributed by atoms with Gasteiger partial charge in [0.05, 0.1) is 11.4 Å². The van der Waals surface area contributed by atoms with Crippen molar-refractivity contribution in [2.45, 2.75) is 58.5 Å². The van der Waals surface area contributed by atoms with Gasteiger partial charge in [-0.25, -0.2) is 0 Å². The minimum atomic E-state index is 0.0203. The van der Waals surface area contributed by atoms with Crippen molar-refractivity contribution in [2.24, 2.45) is 7.05 Å². The quantitative estimate of drug-likeness (QED) is 0.888. The largest absolute Gasteiger partial charge is 0.395 e. The van der Waals surface area contributed by atoms with Gasteiger partial charge in [0.2, 0.25) is 0 Å². The molecule has 2 atom stereocenters. The molecule has 0 aliphatic carbocycles. The third-order valence-corrected chi connectivity index (χ3v) is 4.13. The van der Waals surface area contributed by atoms with Crippen LogP contribution in [0.25, 0.3) is 0 Å². The molecule has 1 fully saturated rings. The number of aryl methyl sites for hydroxylation is 2. The van der Waals surface area contributed by atoms with E-state index >= 15 is 0 Å². The molecule has 1 aliphatic rings. The van der Waals surface area contributed by atoms with Crippen LogP contribution in [-0.4, -0.2) is 32.7 Å². The summed E-state index contributed by atoms with van der Waals surface area (Å²) in [7, 11) is 1.79. The van der Waals surface area contributed by atoms with Crippen molar-refractivity contribution < 1.29 is 4.79 Å². The van der Waals surface area contributed by atoms with Gasteiger partial charge in [0, 0.05) is 19.1 Å². The molecule has 2 rings (SSSR count). The second-order valence-electron chi connectivity index (χ2n) is 5.53. The molecule has 0 bridgehead atoms. The molecule has 1 aliphatic heterocycles. The predicted octanol–water partition coefficient (Wildman–Crippen LogP) is 1.97. The van der Waals surface area contributed by atoms with Crippen LogP contribution in [0, 0.1) is 0 Å². The van der Waals surface area contributed by atoms with Gasteiger partial charge in [-0.2, -0.15) is 5.10 Å². The molecule has 106 valence electrons. The van der Waals surface area contributed by atoms with E-state index in [0.29, 0.717) is 11.4 Å². The Hall–Kier alpha value is -1.52. The lowest BCUT2D eigenvalue weighted by atomic mass is 9.97. The third kappa shape index (κ3) is 2.33. The van der Waals surface area contributed by atoms with E-state index < -0.39 is 0 Å². The molecular weight excluding hydrogens is 240 g/mol. The summed E-state index contributed by atoms with van der Waals surface area (Å²) in [6.07, 6.45) is 4.06. The molecule has 19 heavy (non-hydrogen) atoms. The Balaban J connectivity index is 2.35. The summed E-state index contributed by atoms with van der Waals surface area (Å²) in [6, 6.07) is 0.547. The zero-order valence-corrected chi connectivity index (χ0v) is 12.3. The lowest BCUT2D eigenvalue weighted by Crippen LogP contribution is -2.48. The Morgan fingerprint density at radius 1 is 1.37 bits per heavy atom. The number of nitrogens with two attached hydrogens (primary N) is 1. The zero-order chi connectivity index (χ0) is 14.2. The molecule has 0 saturated carbocycles. The molecule has 5 heteroatoms. The van der Waals surface area contributed by atoms with E-state index in [1.165, 1.54) is 6.42 Å². The fourth-order valence-electron chi connectivity index (χ4n) is 3.05. The van der Waals surface area contributed by atoms with Crippen LogP contribution in [0.1, 0.15) is 56.2 Å². The number of rotatable bonds is 2. The average molecular weight is 264 g/mol. The number of carbonyl (C=O) groups excluding carboxylic acids is 1. The minimum Gasteiger partial charge on any atom is -0.395 e. The Morgan fingerprint density at radius 2 is 1.95 bits per heavy atom. The van der Waals surface area contributed by atoms with Gasteiger partial charge >= 0.3 is 0 Å². The molecule has 1 aromatic rings. The van der Waals surface area contributed by atoms with Crippen LogP contribution in [0.2, 0.25) is 0 Å². The second-order valence-corrected chi connectivity index (χ2v) is 5.53. The normalized spacial score (nSPS) is 23.7.